The molecule has 0 aliphatic carbocycles. The first kappa shape index (κ1) is 14.3. The number of nitrogens with zero attached hydrogens (tertiary/aromatic N) is 2. The van der Waals surface area contributed by atoms with Crippen LogP contribution in [0.2, 0.25) is 0 Å². The predicted octanol–water partition coefficient (Wildman–Crippen LogP) is 1.95. The first-order chi connectivity index (χ1) is 9.52. The summed E-state index contributed by atoms with van der Waals surface area (Å²) in [5.74, 6) is 1.37. The Morgan fingerprint density at radius 3 is 2.85 bits per heavy atom. The summed E-state index contributed by atoms with van der Waals surface area (Å²) in [6.07, 6.45) is 0. The van der Waals surface area contributed by atoms with Crippen molar-refractivity contribution in [2.24, 2.45) is 12.8 Å². The quantitative estimate of drug-likeness (QED) is 0.853. The molecule has 6 heteroatoms. The van der Waals surface area contributed by atoms with Gasteiger partial charge in [-0.2, -0.15) is 5.10 Å². The highest BCUT2D eigenvalue weighted by atomic mass is 32.1. The summed E-state index contributed by atoms with van der Waals surface area (Å²) in [6, 6.07) is 7.69. The van der Waals surface area contributed by atoms with E-state index in [1.807, 2.05) is 31.2 Å². The second-order valence-corrected chi connectivity index (χ2v) is 4.83. The highest BCUT2D eigenvalue weighted by molar-refractivity contribution is 7.80. The Balaban J connectivity index is 2.20. The SMILES string of the molecule is COc1cccc(COc2c(C(N)=S)c(C)nn2C)c1. The highest BCUT2D eigenvalue weighted by Crippen LogP contribution is 2.23. The van der Waals surface area contributed by atoms with Gasteiger partial charge in [-0.1, -0.05) is 24.4 Å². The maximum Gasteiger partial charge on any atom is 0.222 e. The number of aryl methyl sites for hydroxylation is 2. The van der Waals surface area contributed by atoms with Gasteiger partial charge >= 0.3 is 0 Å². The van der Waals surface area contributed by atoms with Gasteiger partial charge in [0.1, 0.15) is 17.3 Å². The fraction of sp³-hybridized carbons (Fsp3) is 0.286. The van der Waals surface area contributed by atoms with Crippen molar-refractivity contribution in [3.05, 3.63) is 41.1 Å². The zero-order valence-corrected chi connectivity index (χ0v) is 12.5. The van der Waals surface area contributed by atoms with Gasteiger partial charge in [0.05, 0.1) is 18.4 Å². The Bertz CT molecular complexity index is 637. The normalized spacial score (nSPS) is 10.3. The average molecular weight is 291 g/mol. The lowest BCUT2D eigenvalue weighted by atomic mass is 10.2. The topological polar surface area (TPSA) is 62.3 Å². The van der Waals surface area contributed by atoms with Crippen LogP contribution in [0.15, 0.2) is 24.3 Å². The Hall–Kier alpha value is -2.08. The standard InChI is InChI=1S/C14H17N3O2S/c1-9-12(13(15)20)14(17(2)16-9)19-8-10-5-4-6-11(7-10)18-3/h4-7H,8H2,1-3H3,(H2,15,20). The molecule has 0 unspecified atom stereocenters. The van der Waals surface area contributed by atoms with Gasteiger partial charge in [-0.05, 0) is 24.6 Å². The monoisotopic (exact) mass is 291 g/mol. The molecular weight excluding hydrogens is 274 g/mol. The lowest BCUT2D eigenvalue weighted by molar-refractivity contribution is 0.277. The van der Waals surface area contributed by atoms with E-state index >= 15 is 0 Å². The Kier molecular flexibility index (Phi) is 4.24. The molecule has 0 saturated carbocycles. The molecule has 2 aromatic rings. The van der Waals surface area contributed by atoms with Gasteiger partial charge in [0.15, 0.2) is 0 Å². The molecule has 106 valence electrons. The van der Waals surface area contributed by atoms with E-state index < -0.39 is 0 Å². The molecule has 0 bridgehead atoms. The Morgan fingerprint density at radius 2 is 2.20 bits per heavy atom. The molecule has 0 spiro atoms. The van der Waals surface area contributed by atoms with Crippen molar-refractivity contribution >= 4 is 17.2 Å². The van der Waals surface area contributed by atoms with Crippen molar-refractivity contribution in [2.45, 2.75) is 13.5 Å². The summed E-state index contributed by atoms with van der Waals surface area (Å²) in [6.45, 7) is 2.25. The van der Waals surface area contributed by atoms with Crippen LogP contribution in [0.5, 0.6) is 11.6 Å². The van der Waals surface area contributed by atoms with Gasteiger partial charge in [0.25, 0.3) is 0 Å². The number of hydrogen-bond donors (Lipinski definition) is 1. The number of rotatable bonds is 5. The molecule has 0 radical (unpaired) electrons. The Morgan fingerprint density at radius 1 is 1.45 bits per heavy atom. The molecule has 2 rings (SSSR count). The number of nitrogens with two attached hydrogens (primary N) is 1. The number of methoxy groups -OCH3 is 1. The van der Waals surface area contributed by atoms with Crippen LogP contribution < -0.4 is 15.2 Å². The molecule has 1 heterocycles. The summed E-state index contributed by atoms with van der Waals surface area (Å²) in [5.41, 5.74) is 8.17. The number of hydrogen-bond acceptors (Lipinski definition) is 4. The number of ether oxygens (including phenoxy) is 2. The molecule has 0 atom stereocenters. The van der Waals surface area contributed by atoms with E-state index in [1.54, 1.807) is 18.8 Å². The average Bonchev–Trinajstić information content (AvgIpc) is 2.71. The zero-order chi connectivity index (χ0) is 14.7. The van der Waals surface area contributed by atoms with Crippen molar-refractivity contribution in [2.75, 3.05) is 7.11 Å². The minimum absolute atomic E-state index is 0.288. The van der Waals surface area contributed by atoms with E-state index in [9.17, 15) is 0 Å². The van der Waals surface area contributed by atoms with Gasteiger partial charge in [-0.25, -0.2) is 4.68 Å². The second-order valence-electron chi connectivity index (χ2n) is 4.39. The summed E-state index contributed by atoms with van der Waals surface area (Å²) in [7, 11) is 3.44. The number of aromatic nitrogens is 2. The van der Waals surface area contributed by atoms with Gasteiger partial charge in [0.2, 0.25) is 5.88 Å². The molecule has 1 aromatic heterocycles. The van der Waals surface area contributed by atoms with Crippen molar-refractivity contribution in [1.29, 1.82) is 0 Å². The summed E-state index contributed by atoms with van der Waals surface area (Å²) >= 11 is 5.05. The van der Waals surface area contributed by atoms with Gasteiger partial charge in [0, 0.05) is 7.05 Å². The second kappa shape index (κ2) is 5.92. The molecule has 0 fully saturated rings. The third-order valence-electron chi connectivity index (χ3n) is 2.93. The predicted molar refractivity (Wildman–Crippen MR) is 81.2 cm³/mol. The molecule has 0 amide bonds. The lowest BCUT2D eigenvalue weighted by Crippen LogP contribution is -2.12. The van der Waals surface area contributed by atoms with Crippen molar-refractivity contribution in [1.82, 2.24) is 9.78 Å². The van der Waals surface area contributed by atoms with E-state index in [2.05, 4.69) is 5.10 Å². The zero-order valence-electron chi connectivity index (χ0n) is 11.7. The highest BCUT2D eigenvalue weighted by Gasteiger charge is 2.17. The summed E-state index contributed by atoms with van der Waals surface area (Å²) < 4.78 is 12.6. The first-order valence-electron chi connectivity index (χ1n) is 6.12. The van der Waals surface area contributed by atoms with Gasteiger partial charge < -0.3 is 15.2 Å². The summed E-state index contributed by atoms with van der Waals surface area (Å²) in [5, 5.41) is 4.28. The fourth-order valence-corrected chi connectivity index (χ4v) is 2.24. The van der Waals surface area contributed by atoms with Crippen molar-refractivity contribution in [3.8, 4) is 11.6 Å². The van der Waals surface area contributed by atoms with E-state index in [0.717, 1.165) is 17.0 Å². The van der Waals surface area contributed by atoms with Crippen LogP contribution in [0.1, 0.15) is 16.8 Å². The van der Waals surface area contributed by atoms with Crippen molar-refractivity contribution in [3.63, 3.8) is 0 Å². The fourth-order valence-electron chi connectivity index (χ4n) is 2.00. The first-order valence-corrected chi connectivity index (χ1v) is 6.53. The van der Waals surface area contributed by atoms with Crippen LogP contribution in [0.3, 0.4) is 0 Å². The summed E-state index contributed by atoms with van der Waals surface area (Å²) in [4.78, 5) is 0.288. The van der Waals surface area contributed by atoms with Crippen LogP contribution in [-0.4, -0.2) is 21.9 Å². The smallest absolute Gasteiger partial charge is 0.222 e. The molecular formula is C14H17N3O2S. The minimum atomic E-state index is 0.288. The van der Waals surface area contributed by atoms with Gasteiger partial charge in [-0.3, -0.25) is 0 Å². The maximum absolute atomic E-state index is 5.81. The molecule has 0 saturated heterocycles. The van der Waals surface area contributed by atoms with Crippen LogP contribution in [0, 0.1) is 6.92 Å². The van der Waals surface area contributed by atoms with Crippen LogP contribution in [0.4, 0.5) is 0 Å². The minimum Gasteiger partial charge on any atom is -0.497 e. The van der Waals surface area contributed by atoms with Crippen LogP contribution >= 0.6 is 12.2 Å². The lowest BCUT2D eigenvalue weighted by Gasteiger charge is -2.09. The van der Waals surface area contributed by atoms with Crippen LogP contribution in [0.25, 0.3) is 0 Å². The molecule has 5 nitrogen and oxygen atoms in total. The molecule has 1 aromatic carbocycles. The van der Waals surface area contributed by atoms with E-state index in [-0.39, 0.29) is 4.99 Å². The maximum atomic E-state index is 5.81. The molecule has 0 aliphatic heterocycles. The van der Waals surface area contributed by atoms with E-state index in [4.69, 9.17) is 27.4 Å². The number of thiocarbonyl (C=S) groups is 1. The van der Waals surface area contributed by atoms with E-state index in [1.165, 1.54) is 0 Å². The Labute approximate surface area is 123 Å². The van der Waals surface area contributed by atoms with Gasteiger partial charge in [-0.15, -0.1) is 0 Å². The third-order valence-corrected chi connectivity index (χ3v) is 3.13. The molecule has 2 N–H and O–H groups in total. The number of benzene rings is 1. The molecule has 0 aliphatic rings. The third kappa shape index (κ3) is 2.91. The van der Waals surface area contributed by atoms with E-state index in [0.29, 0.717) is 18.1 Å². The largest absolute Gasteiger partial charge is 0.497 e. The molecule has 20 heavy (non-hydrogen) atoms. The van der Waals surface area contributed by atoms with Crippen LogP contribution in [-0.2, 0) is 13.7 Å². The van der Waals surface area contributed by atoms with Crippen molar-refractivity contribution < 1.29 is 9.47 Å².